The van der Waals surface area contributed by atoms with Crippen LogP contribution in [0.15, 0.2) is 84.0 Å². The lowest BCUT2D eigenvalue weighted by molar-refractivity contribution is -0.136. The largest absolute Gasteiger partial charge is 0.398 e. The second kappa shape index (κ2) is 8.68. The van der Waals surface area contributed by atoms with Gasteiger partial charge < -0.3 is 16.3 Å². The second-order valence-electron chi connectivity index (χ2n) is 6.21. The molecule has 0 radical (unpaired) electrons. The molecule has 0 saturated heterocycles. The molecule has 5 heteroatoms. The topological polar surface area (TPSA) is 90.7 Å². The van der Waals surface area contributed by atoms with E-state index in [0.717, 1.165) is 16.7 Å². The highest BCUT2D eigenvalue weighted by atomic mass is 16.7. The van der Waals surface area contributed by atoms with Gasteiger partial charge in [0.1, 0.15) is 0 Å². The normalized spacial score (nSPS) is 11.9. The van der Waals surface area contributed by atoms with E-state index in [-0.39, 0.29) is 5.84 Å². The molecule has 3 aromatic carbocycles. The van der Waals surface area contributed by atoms with Gasteiger partial charge in [0, 0.05) is 11.3 Å². The van der Waals surface area contributed by atoms with Gasteiger partial charge in [-0.15, -0.1) is 0 Å². The lowest BCUT2D eigenvalue weighted by atomic mass is 10.0. The Morgan fingerprint density at radius 3 is 2.25 bits per heavy atom. The molecule has 0 aliphatic heterocycles. The Bertz CT molecular complexity index is 1030. The third-order valence-electron chi connectivity index (χ3n) is 4.29. The predicted octanol–water partition coefficient (Wildman–Crippen LogP) is 3.98. The highest BCUT2D eigenvalue weighted by Crippen LogP contribution is 2.20. The van der Waals surface area contributed by atoms with E-state index in [4.69, 9.17) is 16.3 Å². The first-order valence-electron chi connectivity index (χ1n) is 8.78. The van der Waals surface area contributed by atoms with E-state index in [9.17, 15) is 4.79 Å². The third kappa shape index (κ3) is 4.45. The first kappa shape index (κ1) is 18.9. The molecule has 0 bridgehead atoms. The quantitative estimate of drug-likeness (QED) is 0.135. The maximum absolute atomic E-state index is 12.8. The molecule has 140 valence electrons. The van der Waals surface area contributed by atoms with Crippen molar-refractivity contribution in [3.05, 3.63) is 101 Å². The average Bonchev–Trinajstić information content (AvgIpc) is 2.73. The fourth-order valence-electron chi connectivity index (χ4n) is 2.71. The van der Waals surface area contributed by atoms with Crippen LogP contribution in [-0.2, 0) is 9.63 Å². The van der Waals surface area contributed by atoms with Crippen LogP contribution in [0.1, 0.15) is 22.3 Å². The maximum Gasteiger partial charge on any atom is 0.366 e. The number of benzene rings is 3. The number of carbonyl (C=O) groups excluding carboxylic acids is 1. The van der Waals surface area contributed by atoms with Crippen molar-refractivity contribution in [3.63, 3.8) is 0 Å². The number of nitrogens with two attached hydrogens (primary N) is 2. The Balaban J connectivity index is 1.90. The van der Waals surface area contributed by atoms with Gasteiger partial charge in [0.2, 0.25) is 0 Å². The van der Waals surface area contributed by atoms with Crippen LogP contribution in [0.2, 0.25) is 0 Å². The average molecular weight is 371 g/mol. The number of hydrogen-bond acceptors (Lipinski definition) is 4. The van der Waals surface area contributed by atoms with E-state index in [2.05, 4.69) is 5.16 Å². The molecule has 3 rings (SSSR count). The van der Waals surface area contributed by atoms with Crippen molar-refractivity contribution in [2.45, 2.75) is 6.92 Å². The number of nitrogen functional groups attached to an aromatic ring is 1. The number of nitrogens with zero attached hydrogens (tertiary/aromatic N) is 1. The van der Waals surface area contributed by atoms with Crippen LogP contribution in [0.4, 0.5) is 5.69 Å². The lowest BCUT2D eigenvalue weighted by Gasteiger charge is -2.08. The summed E-state index contributed by atoms with van der Waals surface area (Å²) in [5.74, 6) is -0.509. The monoisotopic (exact) mass is 371 g/mol. The molecule has 0 aliphatic carbocycles. The summed E-state index contributed by atoms with van der Waals surface area (Å²) in [5.41, 5.74) is 15.9. The lowest BCUT2D eigenvalue weighted by Crippen LogP contribution is -2.17. The molecule has 0 unspecified atom stereocenters. The second-order valence-corrected chi connectivity index (χ2v) is 6.21. The fourth-order valence-corrected chi connectivity index (χ4v) is 2.71. The minimum Gasteiger partial charge on any atom is -0.398 e. The number of oxime groups is 1. The Morgan fingerprint density at radius 2 is 1.57 bits per heavy atom. The standard InChI is InChI=1S/C23H21N3O2/c1-16-19(13-8-14-21(16)24)22(25)26-28-23(27)20(18-11-6-3-7-12-18)15-17-9-4-2-5-10-17/h2-15H,24H2,1H3,(H2,25,26)/b20-15-. The molecule has 5 nitrogen and oxygen atoms in total. The summed E-state index contributed by atoms with van der Waals surface area (Å²) in [5, 5.41) is 3.83. The summed E-state index contributed by atoms with van der Waals surface area (Å²) >= 11 is 0. The molecule has 0 saturated carbocycles. The van der Waals surface area contributed by atoms with Gasteiger partial charge in [-0.3, -0.25) is 0 Å². The minimum atomic E-state index is -0.598. The van der Waals surface area contributed by atoms with Gasteiger partial charge in [-0.2, -0.15) is 0 Å². The first-order chi connectivity index (χ1) is 13.6. The Labute approximate surface area is 163 Å². The molecule has 0 heterocycles. The first-order valence-corrected chi connectivity index (χ1v) is 8.78. The van der Waals surface area contributed by atoms with E-state index in [1.54, 1.807) is 24.3 Å². The van der Waals surface area contributed by atoms with Crippen LogP contribution in [0.3, 0.4) is 0 Å². The summed E-state index contributed by atoms with van der Waals surface area (Å²) in [6.07, 6.45) is 1.76. The molecule has 0 amide bonds. The summed E-state index contributed by atoms with van der Waals surface area (Å²) in [4.78, 5) is 17.9. The van der Waals surface area contributed by atoms with Gasteiger partial charge >= 0.3 is 5.97 Å². The molecular formula is C23H21N3O2. The number of hydrogen-bond donors (Lipinski definition) is 2. The van der Waals surface area contributed by atoms with E-state index < -0.39 is 5.97 Å². The van der Waals surface area contributed by atoms with E-state index in [1.165, 1.54) is 0 Å². The van der Waals surface area contributed by atoms with Gasteiger partial charge in [-0.1, -0.05) is 78.0 Å². The van der Waals surface area contributed by atoms with E-state index in [0.29, 0.717) is 16.8 Å². The summed E-state index contributed by atoms with van der Waals surface area (Å²) in [7, 11) is 0. The van der Waals surface area contributed by atoms with Crippen LogP contribution in [0.5, 0.6) is 0 Å². The van der Waals surface area contributed by atoms with Gasteiger partial charge in [-0.05, 0) is 35.8 Å². The van der Waals surface area contributed by atoms with Crippen LogP contribution >= 0.6 is 0 Å². The summed E-state index contributed by atoms with van der Waals surface area (Å²) < 4.78 is 0. The van der Waals surface area contributed by atoms with Crippen molar-refractivity contribution in [1.82, 2.24) is 0 Å². The molecule has 0 aliphatic rings. The van der Waals surface area contributed by atoms with Gasteiger partial charge in [0.15, 0.2) is 5.84 Å². The molecule has 0 atom stereocenters. The smallest absolute Gasteiger partial charge is 0.366 e. The summed E-state index contributed by atoms with van der Waals surface area (Å²) in [6, 6.07) is 24.1. The van der Waals surface area contributed by atoms with Crippen LogP contribution < -0.4 is 11.5 Å². The van der Waals surface area contributed by atoms with Crippen molar-refractivity contribution in [2.75, 3.05) is 5.73 Å². The van der Waals surface area contributed by atoms with Crippen molar-refractivity contribution in [3.8, 4) is 0 Å². The number of anilines is 1. The zero-order valence-corrected chi connectivity index (χ0v) is 15.5. The predicted molar refractivity (Wildman–Crippen MR) is 113 cm³/mol. The zero-order valence-electron chi connectivity index (χ0n) is 15.5. The SMILES string of the molecule is Cc1c(N)cccc1/C(N)=N/OC(=O)/C(=C\c1ccccc1)c1ccccc1. The zero-order chi connectivity index (χ0) is 19.9. The number of rotatable bonds is 5. The van der Waals surface area contributed by atoms with Gasteiger partial charge in [0.05, 0.1) is 5.57 Å². The molecule has 28 heavy (non-hydrogen) atoms. The van der Waals surface area contributed by atoms with E-state index in [1.807, 2.05) is 67.6 Å². The molecule has 3 aromatic rings. The van der Waals surface area contributed by atoms with Gasteiger partial charge in [-0.25, -0.2) is 4.79 Å². The molecule has 4 N–H and O–H groups in total. The third-order valence-corrected chi connectivity index (χ3v) is 4.29. The molecule has 0 spiro atoms. The van der Waals surface area contributed by atoms with Crippen molar-refractivity contribution in [2.24, 2.45) is 10.9 Å². The van der Waals surface area contributed by atoms with Gasteiger partial charge in [0.25, 0.3) is 0 Å². The Hall–Kier alpha value is -3.86. The summed E-state index contributed by atoms with van der Waals surface area (Å²) in [6.45, 7) is 1.83. The number of amidine groups is 1. The minimum absolute atomic E-state index is 0.0882. The molecular weight excluding hydrogens is 350 g/mol. The highest BCUT2D eigenvalue weighted by Gasteiger charge is 2.15. The van der Waals surface area contributed by atoms with Crippen molar-refractivity contribution < 1.29 is 9.63 Å². The Morgan fingerprint density at radius 1 is 0.929 bits per heavy atom. The van der Waals surface area contributed by atoms with Crippen LogP contribution in [-0.4, -0.2) is 11.8 Å². The highest BCUT2D eigenvalue weighted by molar-refractivity contribution is 6.21. The van der Waals surface area contributed by atoms with Crippen LogP contribution in [0, 0.1) is 6.92 Å². The van der Waals surface area contributed by atoms with E-state index >= 15 is 0 Å². The Kier molecular flexibility index (Phi) is 5.87. The fraction of sp³-hybridized carbons (Fsp3) is 0.0435. The van der Waals surface area contributed by atoms with Crippen LogP contribution in [0.25, 0.3) is 11.6 Å². The van der Waals surface area contributed by atoms with Crippen molar-refractivity contribution >= 4 is 29.1 Å². The number of carbonyl (C=O) groups is 1. The maximum atomic E-state index is 12.8. The van der Waals surface area contributed by atoms with Crippen molar-refractivity contribution in [1.29, 1.82) is 0 Å². The molecule has 0 fully saturated rings. The molecule has 0 aromatic heterocycles.